The maximum Gasteiger partial charge on any atom is 0.298 e. The standard InChI is InChI=1S/C6H5ClO8S2/c7-4-5(8)2(16(10,11)12)1-3(6(4)9)17(13,14)15/h1,8-9H,(H,10,11,12)(H,13,14,15). The van der Waals surface area contributed by atoms with E-state index in [2.05, 4.69) is 0 Å². The molecule has 11 heteroatoms. The van der Waals surface area contributed by atoms with Gasteiger partial charge in [-0.3, -0.25) is 9.11 Å². The molecule has 0 unspecified atom stereocenters. The molecule has 0 aromatic heterocycles. The van der Waals surface area contributed by atoms with Gasteiger partial charge in [0.15, 0.2) is 11.5 Å². The Kier molecular flexibility index (Phi) is 3.29. The minimum atomic E-state index is -4.98. The summed E-state index contributed by atoms with van der Waals surface area (Å²) in [5.41, 5.74) is 0. The molecule has 0 amide bonds. The fourth-order valence-corrected chi connectivity index (χ4v) is 2.59. The van der Waals surface area contributed by atoms with E-state index in [0.29, 0.717) is 0 Å². The predicted molar refractivity (Wildman–Crippen MR) is 54.4 cm³/mol. The SMILES string of the molecule is O=S(=O)(O)c1cc(S(=O)(=O)O)c(O)c(Cl)c1O. The molecule has 0 saturated heterocycles. The molecule has 1 rings (SSSR count). The molecule has 0 saturated carbocycles. The van der Waals surface area contributed by atoms with E-state index in [9.17, 15) is 27.0 Å². The van der Waals surface area contributed by atoms with Gasteiger partial charge in [-0.25, -0.2) is 0 Å². The molecule has 0 aliphatic carbocycles. The molecule has 0 aliphatic heterocycles. The van der Waals surface area contributed by atoms with Crippen molar-refractivity contribution in [1.82, 2.24) is 0 Å². The number of hydrogen-bond donors (Lipinski definition) is 4. The van der Waals surface area contributed by atoms with Crippen LogP contribution >= 0.6 is 11.6 Å². The number of benzene rings is 1. The third kappa shape index (κ3) is 2.61. The van der Waals surface area contributed by atoms with Crippen molar-refractivity contribution in [2.45, 2.75) is 9.79 Å². The molecule has 0 aliphatic rings. The lowest BCUT2D eigenvalue weighted by Crippen LogP contribution is -2.04. The van der Waals surface area contributed by atoms with Crippen LogP contribution in [0.25, 0.3) is 0 Å². The van der Waals surface area contributed by atoms with Gasteiger partial charge in [0, 0.05) is 0 Å². The van der Waals surface area contributed by atoms with Crippen LogP contribution in [0.2, 0.25) is 5.02 Å². The van der Waals surface area contributed by atoms with Gasteiger partial charge >= 0.3 is 0 Å². The first kappa shape index (κ1) is 14.0. The molecular formula is C6H5ClO8S2. The lowest BCUT2D eigenvalue weighted by atomic mass is 10.3. The van der Waals surface area contributed by atoms with E-state index in [-0.39, 0.29) is 6.07 Å². The molecule has 96 valence electrons. The summed E-state index contributed by atoms with van der Waals surface area (Å²) in [6, 6.07) is 0.168. The van der Waals surface area contributed by atoms with E-state index in [4.69, 9.17) is 20.7 Å². The quantitative estimate of drug-likeness (QED) is 0.568. The summed E-state index contributed by atoms with van der Waals surface area (Å²) in [6.07, 6.45) is 0. The van der Waals surface area contributed by atoms with Gasteiger partial charge in [-0.2, -0.15) is 16.8 Å². The van der Waals surface area contributed by atoms with E-state index in [1.807, 2.05) is 0 Å². The van der Waals surface area contributed by atoms with Crippen LogP contribution < -0.4 is 0 Å². The topological polar surface area (TPSA) is 149 Å². The third-order valence-electron chi connectivity index (χ3n) is 1.70. The zero-order valence-electron chi connectivity index (χ0n) is 7.69. The van der Waals surface area contributed by atoms with Crippen LogP contribution in [0.5, 0.6) is 11.5 Å². The summed E-state index contributed by atoms with van der Waals surface area (Å²) < 4.78 is 60.4. The molecule has 0 spiro atoms. The van der Waals surface area contributed by atoms with E-state index < -0.39 is 46.5 Å². The average molecular weight is 305 g/mol. The highest BCUT2D eigenvalue weighted by atomic mass is 35.5. The minimum Gasteiger partial charge on any atom is -0.505 e. The van der Waals surface area contributed by atoms with Gasteiger partial charge in [0.2, 0.25) is 0 Å². The molecule has 8 nitrogen and oxygen atoms in total. The number of rotatable bonds is 2. The Balaban J connectivity index is 3.88. The zero-order valence-corrected chi connectivity index (χ0v) is 10.1. The van der Waals surface area contributed by atoms with Crippen molar-refractivity contribution in [1.29, 1.82) is 0 Å². The first-order valence-corrected chi connectivity index (χ1v) is 6.91. The van der Waals surface area contributed by atoms with Crippen molar-refractivity contribution in [3.05, 3.63) is 11.1 Å². The fraction of sp³-hybridized carbons (Fsp3) is 0. The Hall–Kier alpha value is -1.07. The fourth-order valence-electron chi connectivity index (χ4n) is 0.978. The van der Waals surface area contributed by atoms with Crippen molar-refractivity contribution >= 4 is 31.8 Å². The number of phenols is 2. The second kappa shape index (κ2) is 3.99. The van der Waals surface area contributed by atoms with E-state index >= 15 is 0 Å². The van der Waals surface area contributed by atoms with Crippen molar-refractivity contribution in [3.8, 4) is 11.5 Å². The van der Waals surface area contributed by atoms with Gasteiger partial charge in [-0.05, 0) is 6.07 Å². The molecule has 4 N–H and O–H groups in total. The number of halogens is 1. The van der Waals surface area contributed by atoms with Gasteiger partial charge < -0.3 is 10.2 Å². The van der Waals surface area contributed by atoms with Crippen molar-refractivity contribution in [2.75, 3.05) is 0 Å². The summed E-state index contributed by atoms with van der Waals surface area (Å²) in [4.78, 5) is -2.51. The smallest absolute Gasteiger partial charge is 0.298 e. The molecule has 1 aromatic rings. The summed E-state index contributed by atoms with van der Waals surface area (Å²) >= 11 is 5.25. The lowest BCUT2D eigenvalue weighted by molar-refractivity contribution is 0.419. The minimum absolute atomic E-state index is 0.168. The zero-order chi connectivity index (χ0) is 13.6. The summed E-state index contributed by atoms with van der Waals surface area (Å²) in [5, 5.41) is 17.4. The molecule has 17 heavy (non-hydrogen) atoms. The van der Waals surface area contributed by atoms with Crippen LogP contribution in [0.4, 0.5) is 0 Å². The Morgan fingerprint density at radius 1 is 0.882 bits per heavy atom. The van der Waals surface area contributed by atoms with Crippen LogP contribution in [0, 0.1) is 0 Å². The van der Waals surface area contributed by atoms with E-state index in [0.717, 1.165) is 0 Å². The number of aromatic hydroxyl groups is 2. The normalized spacial score (nSPS) is 12.6. The van der Waals surface area contributed by atoms with Gasteiger partial charge in [0.05, 0.1) is 0 Å². The largest absolute Gasteiger partial charge is 0.505 e. The second-order valence-corrected chi connectivity index (χ2v) is 5.99. The van der Waals surface area contributed by atoms with Crippen molar-refractivity contribution in [3.63, 3.8) is 0 Å². The second-order valence-electron chi connectivity index (χ2n) is 2.83. The maximum atomic E-state index is 10.8. The van der Waals surface area contributed by atoms with Crippen LogP contribution in [0.1, 0.15) is 0 Å². The predicted octanol–water partition coefficient (Wildman–Crippen LogP) is 0.245. The van der Waals surface area contributed by atoms with Crippen molar-refractivity contribution < 1.29 is 36.2 Å². The average Bonchev–Trinajstić information content (AvgIpc) is 2.10. The van der Waals surface area contributed by atoms with Crippen LogP contribution in [0.15, 0.2) is 15.9 Å². The van der Waals surface area contributed by atoms with Gasteiger partial charge in [-0.1, -0.05) is 11.6 Å². The Labute approximate surface area is 101 Å². The molecule has 1 aromatic carbocycles. The first-order valence-electron chi connectivity index (χ1n) is 3.65. The summed E-state index contributed by atoms with van der Waals surface area (Å²) in [6.45, 7) is 0. The Morgan fingerprint density at radius 2 is 1.18 bits per heavy atom. The van der Waals surface area contributed by atoms with E-state index in [1.165, 1.54) is 0 Å². The highest BCUT2D eigenvalue weighted by Crippen LogP contribution is 2.42. The van der Waals surface area contributed by atoms with Gasteiger partial charge in [0.25, 0.3) is 20.2 Å². The first-order chi connectivity index (χ1) is 7.46. The monoisotopic (exact) mass is 304 g/mol. The van der Waals surface area contributed by atoms with E-state index in [1.54, 1.807) is 0 Å². The maximum absolute atomic E-state index is 10.8. The number of hydrogen-bond acceptors (Lipinski definition) is 6. The molecule has 0 atom stereocenters. The van der Waals surface area contributed by atoms with Crippen molar-refractivity contribution in [2.24, 2.45) is 0 Å². The Bertz CT molecular complexity index is 618. The van der Waals surface area contributed by atoms with Gasteiger partial charge in [0.1, 0.15) is 14.8 Å². The summed E-state index contributed by atoms with van der Waals surface area (Å²) in [5.74, 6) is -2.47. The molecule has 0 heterocycles. The van der Waals surface area contributed by atoms with Crippen LogP contribution in [-0.4, -0.2) is 36.2 Å². The highest BCUT2D eigenvalue weighted by molar-refractivity contribution is 7.86. The molecular weight excluding hydrogens is 300 g/mol. The highest BCUT2D eigenvalue weighted by Gasteiger charge is 2.28. The van der Waals surface area contributed by atoms with Crippen LogP contribution in [-0.2, 0) is 20.2 Å². The molecule has 0 radical (unpaired) electrons. The van der Waals surface area contributed by atoms with Crippen LogP contribution in [0.3, 0.4) is 0 Å². The Morgan fingerprint density at radius 3 is 1.41 bits per heavy atom. The summed E-state index contributed by atoms with van der Waals surface area (Å²) in [7, 11) is -9.95. The number of phenolic OH excluding ortho intramolecular Hbond substituents is 2. The molecule has 0 fully saturated rings. The van der Waals surface area contributed by atoms with Gasteiger partial charge in [-0.15, -0.1) is 0 Å². The molecule has 0 bridgehead atoms. The third-order valence-corrected chi connectivity index (χ3v) is 3.79. The lowest BCUT2D eigenvalue weighted by Gasteiger charge is -2.08.